The number of fused-ring (bicyclic) bond motifs is 1. The first kappa shape index (κ1) is 10.6. The van der Waals surface area contributed by atoms with Crippen LogP contribution in [0.2, 0.25) is 0 Å². The van der Waals surface area contributed by atoms with Crippen LogP contribution in [0.15, 0.2) is 18.2 Å². The Balaban J connectivity index is 2.25. The number of halogens is 1. The molecule has 0 bridgehead atoms. The summed E-state index contributed by atoms with van der Waals surface area (Å²) in [7, 11) is 0. The molecular weight excluding hydrogens is 217 g/mol. The lowest BCUT2D eigenvalue weighted by molar-refractivity contribution is 0.634. The van der Waals surface area contributed by atoms with E-state index in [0.29, 0.717) is 17.3 Å². The lowest BCUT2D eigenvalue weighted by Crippen LogP contribution is -2.10. The third kappa shape index (κ3) is 1.78. The molecular formula is C13H14FN3. The number of aromatic nitrogens is 2. The molecule has 1 aliphatic heterocycles. The molecule has 1 N–H and O–H groups in total. The number of benzene rings is 1. The van der Waals surface area contributed by atoms with Crippen LogP contribution >= 0.6 is 0 Å². The van der Waals surface area contributed by atoms with Crippen molar-refractivity contribution >= 4 is 10.9 Å². The van der Waals surface area contributed by atoms with Crippen molar-refractivity contribution in [3.63, 3.8) is 0 Å². The first-order valence-corrected chi connectivity index (χ1v) is 5.89. The molecule has 88 valence electrons. The molecule has 4 heteroatoms. The Hall–Kier alpha value is -1.55. The molecule has 0 radical (unpaired) electrons. The second kappa shape index (κ2) is 4.04. The van der Waals surface area contributed by atoms with Gasteiger partial charge in [0, 0.05) is 17.8 Å². The first-order chi connectivity index (χ1) is 8.25. The van der Waals surface area contributed by atoms with Gasteiger partial charge in [0.2, 0.25) is 0 Å². The van der Waals surface area contributed by atoms with Gasteiger partial charge < -0.3 is 5.32 Å². The van der Waals surface area contributed by atoms with E-state index in [1.165, 1.54) is 6.07 Å². The highest BCUT2D eigenvalue weighted by atomic mass is 19.1. The van der Waals surface area contributed by atoms with Crippen LogP contribution in [0.3, 0.4) is 0 Å². The largest absolute Gasteiger partial charge is 0.316 e. The number of para-hydroxylation sites is 1. The molecule has 1 atom stereocenters. The van der Waals surface area contributed by atoms with E-state index in [4.69, 9.17) is 0 Å². The fraction of sp³-hybridized carbons (Fsp3) is 0.385. The molecule has 3 rings (SSSR count). The van der Waals surface area contributed by atoms with Crippen LogP contribution in [0.25, 0.3) is 10.9 Å². The quantitative estimate of drug-likeness (QED) is 0.817. The maximum absolute atomic E-state index is 13.7. The molecule has 1 aromatic carbocycles. The normalized spacial score (nSPS) is 20.0. The minimum Gasteiger partial charge on any atom is -0.316 e. The summed E-state index contributed by atoms with van der Waals surface area (Å²) in [4.78, 5) is 8.71. The topological polar surface area (TPSA) is 37.8 Å². The molecule has 1 fully saturated rings. The molecule has 1 unspecified atom stereocenters. The minimum absolute atomic E-state index is 0.264. The predicted molar refractivity (Wildman–Crippen MR) is 64.5 cm³/mol. The summed E-state index contributed by atoms with van der Waals surface area (Å²) in [5, 5.41) is 4.17. The Kier molecular flexibility index (Phi) is 2.52. The van der Waals surface area contributed by atoms with E-state index < -0.39 is 0 Å². The van der Waals surface area contributed by atoms with Gasteiger partial charge in [-0.15, -0.1) is 0 Å². The van der Waals surface area contributed by atoms with E-state index in [9.17, 15) is 4.39 Å². The van der Waals surface area contributed by atoms with Crippen LogP contribution < -0.4 is 5.32 Å². The second-order valence-electron chi connectivity index (χ2n) is 4.48. The van der Waals surface area contributed by atoms with E-state index in [2.05, 4.69) is 15.3 Å². The van der Waals surface area contributed by atoms with Gasteiger partial charge in [-0.2, -0.15) is 0 Å². The van der Waals surface area contributed by atoms with Crippen molar-refractivity contribution < 1.29 is 4.39 Å². The molecule has 1 saturated heterocycles. The highest BCUT2D eigenvalue weighted by Crippen LogP contribution is 2.28. The number of hydrogen-bond acceptors (Lipinski definition) is 3. The van der Waals surface area contributed by atoms with Crippen LogP contribution in [0.1, 0.15) is 23.9 Å². The first-order valence-electron chi connectivity index (χ1n) is 5.89. The van der Waals surface area contributed by atoms with Gasteiger partial charge in [-0.3, -0.25) is 0 Å². The van der Waals surface area contributed by atoms with Crippen LogP contribution in [0.4, 0.5) is 4.39 Å². The lowest BCUT2D eigenvalue weighted by Gasteiger charge is -2.12. The number of hydrogen-bond donors (Lipinski definition) is 1. The number of rotatable bonds is 1. The van der Waals surface area contributed by atoms with Gasteiger partial charge in [0.25, 0.3) is 0 Å². The summed E-state index contributed by atoms with van der Waals surface area (Å²) in [5.74, 6) is 0.755. The highest BCUT2D eigenvalue weighted by molar-refractivity contribution is 5.82. The fourth-order valence-electron chi connectivity index (χ4n) is 2.46. The maximum Gasteiger partial charge on any atom is 0.149 e. The number of aryl methyl sites for hydroxylation is 1. The van der Waals surface area contributed by atoms with Crippen molar-refractivity contribution in [1.82, 2.24) is 15.3 Å². The Morgan fingerprint density at radius 1 is 1.35 bits per heavy atom. The van der Waals surface area contributed by atoms with Gasteiger partial charge >= 0.3 is 0 Å². The summed E-state index contributed by atoms with van der Waals surface area (Å²) < 4.78 is 13.7. The van der Waals surface area contributed by atoms with Gasteiger partial charge in [-0.05, 0) is 26.0 Å². The lowest BCUT2D eigenvalue weighted by atomic mass is 10.00. The molecule has 3 nitrogen and oxygen atoms in total. The smallest absolute Gasteiger partial charge is 0.149 e. The molecule has 0 aliphatic carbocycles. The Labute approximate surface area is 99.1 Å². The minimum atomic E-state index is -0.264. The van der Waals surface area contributed by atoms with E-state index in [0.717, 1.165) is 30.6 Å². The highest BCUT2D eigenvalue weighted by Gasteiger charge is 2.21. The molecule has 0 amide bonds. The molecule has 0 saturated carbocycles. The standard InChI is InChI=1S/C13H14FN3/c1-8-16-12(9-5-6-15-7-9)10-3-2-4-11(14)13(10)17-8/h2-4,9,15H,5-7H2,1H3. The van der Waals surface area contributed by atoms with Crippen molar-refractivity contribution in [3.8, 4) is 0 Å². The zero-order valence-corrected chi connectivity index (χ0v) is 9.70. The van der Waals surface area contributed by atoms with Gasteiger partial charge in [-0.1, -0.05) is 12.1 Å². The SMILES string of the molecule is Cc1nc(C2CCNC2)c2cccc(F)c2n1. The van der Waals surface area contributed by atoms with Gasteiger partial charge in [0.1, 0.15) is 17.2 Å². The summed E-state index contributed by atoms with van der Waals surface area (Å²) in [5.41, 5.74) is 1.43. The van der Waals surface area contributed by atoms with E-state index in [-0.39, 0.29) is 5.82 Å². The molecule has 1 aliphatic rings. The summed E-state index contributed by atoms with van der Waals surface area (Å²) in [6.07, 6.45) is 1.06. The van der Waals surface area contributed by atoms with Crippen molar-refractivity contribution in [1.29, 1.82) is 0 Å². The molecule has 2 heterocycles. The summed E-state index contributed by atoms with van der Waals surface area (Å²) >= 11 is 0. The Morgan fingerprint density at radius 3 is 3.00 bits per heavy atom. The molecule has 0 spiro atoms. The van der Waals surface area contributed by atoms with E-state index in [1.54, 1.807) is 6.07 Å². The zero-order valence-electron chi connectivity index (χ0n) is 9.70. The van der Waals surface area contributed by atoms with Gasteiger partial charge in [0.05, 0.1) is 5.69 Å². The number of nitrogens with one attached hydrogen (secondary N) is 1. The van der Waals surface area contributed by atoms with Gasteiger partial charge in [-0.25, -0.2) is 14.4 Å². The molecule has 2 aromatic rings. The average molecular weight is 231 g/mol. The van der Waals surface area contributed by atoms with Crippen molar-refractivity contribution in [3.05, 3.63) is 35.5 Å². The van der Waals surface area contributed by atoms with Gasteiger partial charge in [0.15, 0.2) is 0 Å². The van der Waals surface area contributed by atoms with Crippen molar-refractivity contribution in [2.45, 2.75) is 19.3 Å². The monoisotopic (exact) mass is 231 g/mol. The van der Waals surface area contributed by atoms with Crippen molar-refractivity contribution in [2.24, 2.45) is 0 Å². The predicted octanol–water partition coefficient (Wildman–Crippen LogP) is 2.15. The maximum atomic E-state index is 13.7. The zero-order chi connectivity index (χ0) is 11.8. The van der Waals surface area contributed by atoms with Crippen molar-refractivity contribution in [2.75, 3.05) is 13.1 Å². The summed E-state index contributed by atoms with van der Waals surface area (Å²) in [6.45, 7) is 3.74. The van der Waals surface area contributed by atoms with E-state index in [1.807, 2.05) is 13.0 Å². The fourth-order valence-corrected chi connectivity index (χ4v) is 2.46. The van der Waals surface area contributed by atoms with Crippen LogP contribution in [-0.2, 0) is 0 Å². The average Bonchev–Trinajstić information content (AvgIpc) is 2.83. The Bertz CT molecular complexity index is 562. The Morgan fingerprint density at radius 2 is 2.24 bits per heavy atom. The third-order valence-corrected chi connectivity index (χ3v) is 3.27. The van der Waals surface area contributed by atoms with Crippen LogP contribution in [0.5, 0.6) is 0 Å². The molecule has 17 heavy (non-hydrogen) atoms. The van der Waals surface area contributed by atoms with Crippen LogP contribution in [-0.4, -0.2) is 23.1 Å². The molecule has 1 aromatic heterocycles. The third-order valence-electron chi connectivity index (χ3n) is 3.27. The van der Waals surface area contributed by atoms with E-state index >= 15 is 0 Å². The second-order valence-corrected chi connectivity index (χ2v) is 4.48. The van der Waals surface area contributed by atoms with Crippen LogP contribution in [0, 0.1) is 12.7 Å². The number of nitrogens with zero attached hydrogens (tertiary/aromatic N) is 2. The summed E-state index contributed by atoms with van der Waals surface area (Å²) in [6, 6.07) is 5.08.